The van der Waals surface area contributed by atoms with Crippen LogP contribution in [-0.4, -0.2) is 31.7 Å². The molecular weight excluding hydrogens is 390 g/mol. The summed E-state index contributed by atoms with van der Waals surface area (Å²) in [4.78, 5) is 35.7. The van der Waals surface area contributed by atoms with Gasteiger partial charge >= 0.3 is 5.97 Å². The standard InChI is InChI=1S/C17H11N3O7S/c21-14(22)9-28-17-18-15(10-1-5-12(6-2-10)19(23)24)16(27-17)11-3-7-13(8-4-11)20(25)26/h1-8H,9H2,(H,21,22). The second-order valence-electron chi connectivity index (χ2n) is 5.45. The highest BCUT2D eigenvalue weighted by molar-refractivity contribution is 7.99. The van der Waals surface area contributed by atoms with Crippen molar-refractivity contribution in [3.8, 4) is 22.6 Å². The van der Waals surface area contributed by atoms with E-state index in [0.29, 0.717) is 16.8 Å². The predicted octanol–water partition coefficient (Wildman–Crippen LogP) is 4.00. The number of thioether (sulfide) groups is 1. The van der Waals surface area contributed by atoms with Crippen LogP contribution in [0.3, 0.4) is 0 Å². The summed E-state index contributed by atoms with van der Waals surface area (Å²) in [5.41, 5.74) is 1.17. The molecule has 0 radical (unpaired) electrons. The molecule has 2 aromatic carbocycles. The van der Waals surface area contributed by atoms with E-state index in [0.717, 1.165) is 11.8 Å². The van der Waals surface area contributed by atoms with Crippen LogP contribution in [0.1, 0.15) is 0 Å². The van der Waals surface area contributed by atoms with Crippen molar-refractivity contribution in [3.05, 3.63) is 68.8 Å². The summed E-state index contributed by atoms with van der Waals surface area (Å²) in [5, 5.41) is 30.6. The minimum atomic E-state index is -1.04. The number of hydrogen-bond acceptors (Lipinski definition) is 8. The van der Waals surface area contributed by atoms with Crippen LogP contribution in [0.25, 0.3) is 22.6 Å². The number of aromatic nitrogens is 1. The van der Waals surface area contributed by atoms with Crippen LogP contribution in [-0.2, 0) is 4.79 Å². The van der Waals surface area contributed by atoms with Crippen molar-refractivity contribution in [2.45, 2.75) is 5.22 Å². The largest absolute Gasteiger partial charge is 0.481 e. The zero-order valence-electron chi connectivity index (χ0n) is 14.0. The van der Waals surface area contributed by atoms with Crippen LogP contribution in [0.5, 0.6) is 0 Å². The van der Waals surface area contributed by atoms with Gasteiger partial charge in [-0.05, 0) is 24.3 Å². The maximum Gasteiger partial charge on any atom is 0.314 e. The summed E-state index contributed by atoms with van der Waals surface area (Å²) in [6.07, 6.45) is 0. The molecule has 0 atom stereocenters. The second kappa shape index (κ2) is 7.88. The van der Waals surface area contributed by atoms with Gasteiger partial charge in [0.15, 0.2) is 5.76 Å². The van der Waals surface area contributed by atoms with E-state index in [2.05, 4.69) is 4.98 Å². The van der Waals surface area contributed by atoms with E-state index >= 15 is 0 Å². The monoisotopic (exact) mass is 401 g/mol. The molecule has 3 aromatic rings. The average Bonchev–Trinajstić information content (AvgIpc) is 3.11. The highest BCUT2D eigenvalue weighted by Gasteiger charge is 2.19. The summed E-state index contributed by atoms with van der Waals surface area (Å²) < 4.78 is 5.67. The van der Waals surface area contributed by atoms with Crippen molar-refractivity contribution < 1.29 is 24.2 Å². The lowest BCUT2D eigenvalue weighted by Crippen LogP contribution is -1.97. The zero-order valence-corrected chi connectivity index (χ0v) is 14.8. The molecular formula is C17H11N3O7S. The molecule has 3 rings (SSSR count). The normalized spacial score (nSPS) is 10.6. The van der Waals surface area contributed by atoms with Gasteiger partial charge < -0.3 is 9.52 Å². The lowest BCUT2D eigenvalue weighted by atomic mass is 10.1. The lowest BCUT2D eigenvalue weighted by molar-refractivity contribution is -0.385. The third kappa shape index (κ3) is 4.15. The first-order valence-electron chi connectivity index (χ1n) is 7.70. The van der Waals surface area contributed by atoms with Gasteiger partial charge in [-0.2, -0.15) is 0 Å². The van der Waals surface area contributed by atoms with Crippen LogP contribution in [0, 0.1) is 20.2 Å². The Bertz CT molecular complexity index is 971. The maximum absolute atomic E-state index is 10.8. The van der Waals surface area contributed by atoms with E-state index in [1.165, 1.54) is 48.5 Å². The van der Waals surface area contributed by atoms with E-state index in [-0.39, 0.29) is 28.1 Å². The Morgan fingerprint density at radius 3 is 1.93 bits per heavy atom. The number of nitro benzene ring substituents is 2. The number of oxazole rings is 1. The molecule has 11 heteroatoms. The fourth-order valence-corrected chi connectivity index (χ4v) is 2.90. The van der Waals surface area contributed by atoms with E-state index in [9.17, 15) is 25.0 Å². The summed E-state index contributed by atoms with van der Waals surface area (Å²) >= 11 is 0.875. The smallest absolute Gasteiger partial charge is 0.314 e. The molecule has 0 fully saturated rings. The lowest BCUT2D eigenvalue weighted by Gasteiger charge is -2.01. The number of hydrogen-bond donors (Lipinski definition) is 1. The first-order chi connectivity index (χ1) is 13.3. The van der Waals surface area contributed by atoms with E-state index in [1.54, 1.807) is 0 Å². The second-order valence-corrected chi connectivity index (χ2v) is 6.37. The minimum absolute atomic E-state index is 0.0930. The van der Waals surface area contributed by atoms with Crippen LogP contribution in [0.15, 0.2) is 58.2 Å². The molecule has 0 bridgehead atoms. The predicted molar refractivity (Wildman–Crippen MR) is 99.0 cm³/mol. The first-order valence-corrected chi connectivity index (χ1v) is 8.69. The Morgan fingerprint density at radius 2 is 1.46 bits per heavy atom. The third-order valence-electron chi connectivity index (χ3n) is 3.62. The number of aliphatic carboxylic acids is 1. The summed E-state index contributed by atoms with van der Waals surface area (Å²) in [5.74, 6) is -1.03. The maximum atomic E-state index is 10.8. The number of rotatable bonds is 7. The summed E-state index contributed by atoms with van der Waals surface area (Å²) in [7, 11) is 0. The molecule has 0 aliphatic heterocycles. The Morgan fingerprint density at radius 1 is 0.964 bits per heavy atom. The minimum Gasteiger partial charge on any atom is -0.481 e. The number of carboxylic acid groups (broad SMARTS) is 1. The number of nitrogens with zero attached hydrogens (tertiary/aromatic N) is 3. The van der Waals surface area contributed by atoms with Crippen molar-refractivity contribution >= 4 is 29.1 Å². The van der Waals surface area contributed by atoms with Crippen molar-refractivity contribution in [1.82, 2.24) is 4.98 Å². The van der Waals surface area contributed by atoms with Crippen LogP contribution < -0.4 is 0 Å². The number of carboxylic acids is 1. The molecule has 0 saturated heterocycles. The Balaban J connectivity index is 2.04. The number of non-ortho nitro benzene ring substituents is 2. The molecule has 10 nitrogen and oxygen atoms in total. The Hall–Kier alpha value is -3.73. The van der Waals surface area contributed by atoms with Crippen LogP contribution >= 0.6 is 11.8 Å². The van der Waals surface area contributed by atoms with E-state index in [4.69, 9.17) is 9.52 Å². The Labute approximate surface area is 161 Å². The molecule has 28 heavy (non-hydrogen) atoms. The molecule has 1 aromatic heterocycles. The Kier molecular flexibility index (Phi) is 5.36. The summed E-state index contributed by atoms with van der Waals surface area (Å²) in [6.45, 7) is 0. The van der Waals surface area contributed by atoms with Gasteiger partial charge in [0, 0.05) is 35.4 Å². The highest BCUT2D eigenvalue weighted by atomic mass is 32.2. The number of benzene rings is 2. The SMILES string of the molecule is O=C(O)CSc1nc(-c2ccc([N+](=O)[O-])cc2)c(-c2ccc([N+](=O)[O-])cc2)o1. The fourth-order valence-electron chi connectivity index (χ4n) is 2.35. The molecule has 0 saturated carbocycles. The van der Waals surface area contributed by atoms with Gasteiger partial charge in [-0.1, -0.05) is 11.8 Å². The first kappa shape index (κ1) is 19.0. The molecule has 1 heterocycles. The summed E-state index contributed by atoms with van der Waals surface area (Å²) in [6, 6.07) is 11.2. The van der Waals surface area contributed by atoms with Crippen molar-refractivity contribution in [1.29, 1.82) is 0 Å². The van der Waals surface area contributed by atoms with Gasteiger partial charge in [0.1, 0.15) is 11.4 Å². The van der Waals surface area contributed by atoms with E-state index < -0.39 is 15.8 Å². The third-order valence-corrected chi connectivity index (χ3v) is 4.43. The van der Waals surface area contributed by atoms with Crippen molar-refractivity contribution in [2.24, 2.45) is 0 Å². The van der Waals surface area contributed by atoms with Gasteiger partial charge in [0.2, 0.25) is 0 Å². The van der Waals surface area contributed by atoms with Crippen LogP contribution in [0.4, 0.5) is 11.4 Å². The molecule has 1 N–H and O–H groups in total. The van der Waals surface area contributed by atoms with Gasteiger partial charge in [-0.25, -0.2) is 4.98 Å². The van der Waals surface area contributed by atoms with Crippen LogP contribution in [0.2, 0.25) is 0 Å². The quantitative estimate of drug-likeness (QED) is 0.352. The highest BCUT2D eigenvalue weighted by Crippen LogP contribution is 2.36. The van der Waals surface area contributed by atoms with E-state index in [1.807, 2.05) is 0 Å². The average molecular weight is 401 g/mol. The molecule has 0 aliphatic carbocycles. The van der Waals surface area contributed by atoms with Crippen molar-refractivity contribution in [2.75, 3.05) is 5.75 Å². The van der Waals surface area contributed by atoms with Crippen molar-refractivity contribution in [3.63, 3.8) is 0 Å². The molecule has 142 valence electrons. The van der Waals surface area contributed by atoms with Gasteiger partial charge in [-0.3, -0.25) is 25.0 Å². The number of nitro groups is 2. The van der Waals surface area contributed by atoms with Gasteiger partial charge in [-0.15, -0.1) is 0 Å². The molecule has 0 amide bonds. The van der Waals surface area contributed by atoms with Gasteiger partial charge in [0.05, 0.1) is 9.85 Å². The number of carbonyl (C=O) groups is 1. The molecule has 0 aliphatic rings. The zero-order chi connectivity index (χ0) is 20.3. The molecule has 0 spiro atoms. The molecule has 0 unspecified atom stereocenters. The topological polar surface area (TPSA) is 150 Å². The van der Waals surface area contributed by atoms with Gasteiger partial charge in [0.25, 0.3) is 16.6 Å². The fraction of sp³-hybridized carbons (Fsp3) is 0.0588.